The molecule has 0 aliphatic carbocycles. The molecule has 11 aromatic rings. The zero-order valence-electron chi connectivity index (χ0n) is 29.5. The van der Waals surface area contributed by atoms with Crippen LogP contribution in [0.15, 0.2) is 176 Å². The minimum Gasteiger partial charge on any atom is -0.309 e. The molecular formula is C50H29N5. The van der Waals surface area contributed by atoms with Crippen molar-refractivity contribution in [1.82, 2.24) is 13.7 Å². The molecule has 3 aromatic heterocycles. The first kappa shape index (κ1) is 30.7. The second-order valence-electron chi connectivity index (χ2n) is 13.9. The lowest BCUT2D eigenvalue weighted by Crippen LogP contribution is -2.00. The number of rotatable bonds is 4. The molecule has 0 saturated carbocycles. The highest BCUT2D eigenvalue weighted by Crippen LogP contribution is 2.42. The number of aromatic nitrogens is 3. The molecule has 0 spiro atoms. The maximum Gasteiger partial charge on any atom is 0.0998 e. The van der Waals surface area contributed by atoms with Crippen molar-refractivity contribution in [3.8, 4) is 40.3 Å². The van der Waals surface area contributed by atoms with E-state index in [0.29, 0.717) is 11.1 Å². The van der Waals surface area contributed by atoms with Gasteiger partial charge in [-0.1, -0.05) is 103 Å². The summed E-state index contributed by atoms with van der Waals surface area (Å²) in [6.45, 7) is 0. The monoisotopic (exact) mass is 699 g/mol. The van der Waals surface area contributed by atoms with E-state index in [4.69, 9.17) is 0 Å². The van der Waals surface area contributed by atoms with Crippen molar-refractivity contribution >= 4 is 65.4 Å². The molecule has 0 amide bonds. The molecule has 0 radical (unpaired) electrons. The Morgan fingerprint density at radius 2 is 0.873 bits per heavy atom. The highest BCUT2D eigenvalue weighted by molar-refractivity contribution is 6.17. The maximum atomic E-state index is 10.8. The fourth-order valence-corrected chi connectivity index (χ4v) is 8.84. The van der Waals surface area contributed by atoms with Gasteiger partial charge in [-0.15, -0.1) is 0 Å². The van der Waals surface area contributed by atoms with Gasteiger partial charge in [0, 0.05) is 49.1 Å². The van der Waals surface area contributed by atoms with Crippen LogP contribution in [0.1, 0.15) is 11.1 Å². The summed E-state index contributed by atoms with van der Waals surface area (Å²) >= 11 is 0. The van der Waals surface area contributed by atoms with E-state index in [1.165, 1.54) is 10.8 Å². The highest BCUT2D eigenvalue weighted by Gasteiger charge is 2.22. The van der Waals surface area contributed by atoms with Gasteiger partial charge < -0.3 is 13.7 Å². The molecule has 11 rings (SSSR count). The third kappa shape index (κ3) is 4.39. The zero-order valence-corrected chi connectivity index (χ0v) is 29.5. The predicted octanol–water partition coefficient (Wildman–Crippen LogP) is 12.4. The molecule has 8 aromatic carbocycles. The molecule has 0 N–H and O–H groups in total. The summed E-state index contributed by atoms with van der Waals surface area (Å²) in [6, 6.07) is 65.9. The Kier molecular flexibility index (Phi) is 6.61. The molecule has 55 heavy (non-hydrogen) atoms. The Morgan fingerprint density at radius 3 is 1.56 bits per heavy atom. The summed E-state index contributed by atoms with van der Waals surface area (Å²) in [7, 11) is 0. The molecule has 0 saturated heterocycles. The standard InChI is InChI=1S/C50H29N5/c51-30-32-24-27-47-41(28-32)39-15-4-9-20-45(39)55(47)49-23-11-22-48-50(49)40-16-5-10-21-46(40)54(48)44-19-8-1-12-36(44)35-26-25-34(29-33(35)31-52)53-42-17-6-2-13-37(42)38-14-3-7-18-43(38)53/h1-29H. The molecule has 254 valence electrons. The Bertz CT molecular complexity index is 3420. The van der Waals surface area contributed by atoms with Gasteiger partial charge in [0.05, 0.1) is 67.7 Å². The first-order valence-corrected chi connectivity index (χ1v) is 18.3. The number of hydrogen-bond donors (Lipinski definition) is 0. The topological polar surface area (TPSA) is 62.4 Å². The molecule has 0 aliphatic heterocycles. The lowest BCUT2D eigenvalue weighted by atomic mass is 9.97. The molecule has 0 aliphatic rings. The average molecular weight is 700 g/mol. The van der Waals surface area contributed by atoms with Crippen LogP contribution in [0.3, 0.4) is 0 Å². The maximum absolute atomic E-state index is 10.8. The summed E-state index contributed by atoms with van der Waals surface area (Å²) < 4.78 is 6.93. The minimum absolute atomic E-state index is 0.607. The van der Waals surface area contributed by atoms with Crippen molar-refractivity contribution in [1.29, 1.82) is 10.5 Å². The number of nitriles is 2. The van der Waals surface area contributed by atoms with Crippen LogP contribution in [0.5, 0.6) is 0 Å². The van der Waals surface area contributed by atoms with Crippen molar-refractivity contribution in [3.63, 3.8) is 0 Å². The van der Waals surface area contributed by atoms with Crippen LogP contribution in [-0.2, 0) is 0 Å². The van der Waals surface area contributed by atoms with Crippen LogP contribution in [0.25, 0.3) is 93.6 Å². The molecule has 5 nitrogen and oxygen atoms in total. The Balaban J connectivity index is 1.15. The van der Waals surface area contributed by atoms with E-state index in [-0.39, 0.29) is 0 Å². The molecule has 0 atom stereocenters. The van der Waals surface area contributed by atoms with Crippen molar-refractivity contribution in [2.24, 2.45) is 0 Å². The van der Waals surface area contributed by atoms with Crippen LogP contribution >= 0.6 is 0 Å². The quantitative estimate of drug-likeness (QED) is 0.184. The van der Waals surface area contributed by atoms with E-state index in [0.717, 1.165) is 82.8 Å². The van der Waals surface area contributed by atoms with E-state index >= 15 is 0 Å². The minimum atomic E-state index is 0.607. The van der Waals surface area contributed by atoms with Crippen LogP contribution < -0.4 is 0 Å². The lowest BCUT2D eigenvalue weighted by Gasteiger charge is -2.16. The van der Waals surface area contributed by atoms with Crippen LogP contribution in [0.2, 0.25) is 0 Å². The van der Waals surface area contributed by atoms with Gasteiger partial charge in [0.2, 0.25) is 0 Å². The van der Waals surface area contributed by atoms with Crippen molar-refractivity contribution < 1.29 is 0 Å². The fourth-order valence-electron chi connectivity index (χ4n) is 8.84. The number of para-hydroxylation sites is 5. The van der Waals surface area contributed by atoms with Crippen LogP contribution in [-0.4, -0.2) is 13.7 Å². The van der Waals surface area contributed by atoms with Gasteiger partial charge in [-0.3, -0.25) is 0 Å². The van der Waals surface area contributed by atoms with Crippen molar-refractivity contribution in [2.45, 2.75) is 0 Å². The van der Waals surface area contributed by atoms with Gasteiger partial charge in [0.15, 0.2) is 0 Å². The Morgan fingerprint density at radius 1 is 0.345 bits per heavy atom. The van der Waals surface area contributed by atoms with E-state index in [1.54, 1.807) is 0 Å². The average Bonchev–Trinajstić information content (AvgIpc) is 3.89. The number of benzene rings is 8. The number of hydrogen-bond acceptors (Lipinski definition) is 2. The van der Waals surface area contributed by atoms with Gasteiger partial charge in [-0.05, 0) is 72.8 Å². The van der Waals surface area contributed by atoms with E-state index in [2.05, 4.69) is 177 Å². The second kappa shape index (κ2) is 11.8. The summed E-state index contributed by atoms with van der Waals surface area (Å²) in [5, 5.41) is 27.3. The Labute approximate surface area is 316 Å². The van der Waals surface area contributed by atoms with E-state index in [9.17, 15) is 10.5 Å². The normalized spacial score (nSPS) is 11.6. The fraction of sp³-hybridized carbons (Fsp3) is 0. The largest absolute Gasteiger partial charge is 0.309 e. The first-order chi connectivity index (χ1) is 27.2. The first-order valence-electron chi connectivity index (χ1n) is 18.3. The second-order valence-corrected chi connectivity index (χ2v) is 13.9. The van der Waals surface area contributed by atoms with Crippen molar-refractivity contribution in [2.75, 3.05) is 0 Å². The SMILES string of the molecule is N#Cc1ccc2c(c1)c1ccccc1n2-c1cccc2c1c1ccccc1n2-c1ccccc1-c1ccc(-n2c3ccccc3c3ccccc32)cc1C#N. The number of fused-ring (bicyclic) bond motifs is 9. The van der Waals surface area contributed by atoms with Gasteiger partial charge >= 0.3 is 0 Å². The smallest absolute Gasteiger partial charge is 0.0998 e. The van der Waals surface area contributed by atoms with Crippen molar-refractivity contribution in [3.05, 3.63) is 187 Å². The summed E-state index contributed by atoms with van der Waals surface area (Å²) in [5.41, 5.74) is 12.6. The molecule has 3 heterocycles. The van der Waals surface area contributed by atoms with Crippen LogP contribution in [0.4, 0.5) is 0 Å². The van der Waals surface area contributed by atoms with Gasteiger partial charge in [-0.25, -0.2) is 0 Å². The summed E-state index contributed by atoms with van der Waals surface area (Å²) in [4.78, 5) is 0. The van der Waals surface area contributed by atoms with Gasteiger partial charge in [0.1, 0.15) is 0 Å². The van der Waals surface area contributed by atoms with Gasteiger partial charge in [0.25, 0.3) is 0 Å². The summed E-state index contributed by atoms with van der Waals surface area (Å²) in [5.74, 6) is 0. The van der Waals surface area contributed by atoms with Crippen LogP contribution in [0, 0.1) is 22.7 Å². The van der Waals surface area contributed by atoms with Gasteiger partial charge in [-0.2, -0.15) is 10.5 Å². The predicted molar refractivity (Wildman–Crippen MR) is 224 cm³/mol. The zero-order chi connectivity index (χ0) is 36.6. The lowest BCUT2D eigenvalue weighted by molar-refractivity contribution is 1.16. The Hall–Kier alpha value is -7.86. The highest BCUT2D eigenvalue weighted by atomic mass is 15.0. The molecule has 0 fully saturated rings. The summed E-state index contributed by atoms with van der Waals surface area (Å²) in [6.07, 6.45) is 0. The molecular weight excluding hydrogens is 671 g/mol. The molecule has 0 bridgehead atoms. The van der Waals surface area contributed by atoms with E-state index < -0.39 is 0 Å². The molecule has 0 unspecified atom stereocenters. The molecule has 5 heteroatoms. The van der Waals surface area contributed by atoms with E-state index in [1.807, 2.05) is 24.3 Å². The number of nitrogens with zero attached hydrogens (tertiary/aromatic N) is 5. The third-order valence-electron chi connectivity index (χ3n) is 11.1. The third-order valence-corrected chi connectivity index (χ3v) is 11.1.